The summed E-state index contributed by atoms with van der Waals surface area (Å²) in [5.41, 5.74) is 17.0. The third-order valence-corrected chi connectivity index (χ3v) is 16.2. The maximum Gasteiger partial charge on any atom is 0.143 e. The Bertz CT molecular complexity index is 4680. The predicted octanol–water partition coefficient (Wildman–Crippen LogP) is 21.6. The van der Waals surface area contributed by atoms with Crippen LogP contribution in [0.25, 0.3) is 86.3 Å². The summed E-state index contributed by atoms with van der Waals surface area (Å²) in [4.78, 5) is 7.11. The number of anilines is 9. The van der Waals surface area contributed by atoms with E-state index in [-0.39, 0.29) is 0 Å². The highest BCUT2D eigenvalue weighted by Gasteiger charge is 2.24. The number of para-hydroxylation sites is 6. The maximum absolute atomic E-state index is 6.54. The average Bonchev–Trinajstić information content (AvgIpc) is 4.22. The van der Waals surface area contributed by atoms with Crippen molar-refractivity contribution in [1.82, 2.24) is 0 Å². The summed E-state index contributed by atoms with van der Waals surface area (Å²) in [6.07, 6.45) is 0. The Morgan fingerprint density at radius 3 is 1.28 bits per heavy atom. The van der Waals surface area contributed by atoms with Gasteiger partial charge in [-0.2, -0.15) is 0 Å². The van der Waals surface area contributed by atoms with Crippen LogP contribution in [0.15, 0.2) is 294 Å². The second-order valence-corrected chi connectivity index (χ2v) is 20.8. The van der Waals surface area contributed by atoms with Crippen LogP contribution < -0.4 is 14.7 Å². The Labute approximate surface area is 454 Å². The van der Waals surface area contributed by atoms with Crippen molar-refractivity contribution in [2.24, 2.45) is 0 Å². The molecule has 15 rings (SSSR count). The summed E-state index contributed by atoms with van der Waals surface area (Å²) < 4.78 is 15.5. The van der Waals surface area contributed by atoms with Crippen LogP contribution in [0.1, 0.15) is 0 Å². The predicted molar refractivity (Wildman–Crippen MR) is 329 cm³/mol. The van der Waals surface area contributed by atoms with Gasteiger partial charge >= 0.3 is 0 Å². The Morgan fingerprint density at radius 1 is 0.231 bits per heavy atom. The molecule has 0 radical (unpaired) electrons. The first-order chi connectivity index (χ1) is 38.6. The van der Waals surface area contributed by atoms with E-state index in [0.29, 0.717) is 0 Å². The summed E-state index contributed by atoms with van der Waals surface area (Å²) in [7, 11) is 0. The van der Waals surface area contributed by atoms with Crippen LogP contribution in [-0.2, 0) is 0 Å². The zero-order chi connectivity index (χ0) is 51.5. The lowest BCUT2D eigenvalue weighted by atomic mass is 10.0. The topological polar surface area (TPSA) is 36.0 Å². The molecule has 0 amide bonds. The van der Waals surface area contributed by atoms with Gasteiger partial charge in [0.1, 0.15) is 22.3 Å². The second kappa shape index (κ2) is 18.9. The van der Waals surface area contributed by atoms with Crippen molar-refractivity contribution in [1.29, 1.82) is 0 Å². The highest BCUT2D eigenvalue weighted by Crippen LogP contribution is 2.48. The molecule has 0 saturated heterocycles. The maximum atomic E-state index is 6.54. The molecule has 0 fully saturated rings. The molecule has 0 N–H and O–H groups in total. The molecule has 12 aromatic carbocycles. The number of hydrogen-bond donors (Lipinski definition) is 0. The van der Waals surface area contributed by atoms with Crippen LogP contribution in [0.3, 0.4) is 0 Å². The van der Waals surface area contributed by atoms with Gasteiger partial charge in [0.2, 0.25) is 0 Å². The van der Waals surface area contributed by atoms with Gasteiger partial charge in [0, 0.05) is 81.4 Å². The lowest BCUT2D eigenvalue weighted by Crippen LogP contribution is -2.16. The lowest BCUT2D eigenvalue weighted by molar-refractivity contribution is 0.669. The van der Waals surface area contributed by atoms with Crippen LogP contribution in [0.5, 0.6) is 0 Å². The first-order valence-electron chi connectivity index (χ1n) is 26.3. The van der Waals surface area contributed by atoms with Crippen molar-refractivity contribution in [2.75, 3.05) is 14.7 Å². The molecule has 78 heavy (non-hydrogen) atoms. The Morgan fingerprint density at radius 2 is 0.667 bits per heavy atom. The summed E-state index contributed by atoms with van der Waals surface area (Å²) in [6, 6.07) is 102. The number of rotatable bonds is 11. The van der Waals surface area contributed by atoms with Gasteiger partial charge in [0.05, 0.1) is 17.1 Å². The van der Waals surface area contributed by atoms with Crippen molar-refractivity contribution in [3.63, 3.8) is 0 Å². The summed E-state index contributed by atoms with van der Waals surface area (Å²) in [5.74, 6) is 0. The monoisotopic (exact) mass is 1020 g/mol. The van der Waals surface area contributed by atoms with Crippen molar-refractivity contribution < 1.29 is 8.83 Å². The van der Waals surface area contributed by atoms with Gasteiger partial charge in [-0.15, -0.1) is 11.3 Å². The van der Waals surface area contributed by atoms with E-state index in [1.807, 2.05) is 35.6 Å². The molecular formula is C72H47N3O2S. The van der Waals surface area contributed by atoms with E-state index in [2.05, 4.69) is 276 Å². The molecule has 3 aromatic heterocycles. The Hall–Kier alpha value is -10.1. The zero-order valence-corrected chi connectivity index (χ0v) is 43.0. The Kier molecular flexibility index (Phi) is 11.0. The van der Waals surface area contributed by atoms with Gasteiger partial charge in [-0.25, -0.2) is 0 Å². The molecule has 0 unspecified atom stereocenters. The summed E-state index contributed by atoms with van der Waals surface area (Å²) >= 11 is 1.85. The van der Waals surface area contributed by atoms with E-state index in [1.165, 1.54) is 25.7 Å². The third-order valence-electron chi connectivity index (χ3n) is 15.0. The van der Waals surface area contributed by atoms with Crippen molar-refractivity contribution in [3.8, 4) is 22.3 Å². The number of benzene rings is 12. The van der Waals surface area contributed by atoms with Crippen LogP contribution in [0.4, 0.5) is 51.2 Å². The third kappa shape index (κ3) is 7.93. The first-order valence-corrected chi connectivity index (χ1v) is 27.1. The van der Waals surface area contributed by atoms with Gasteiger partial charge in [-0.3, -0.25) is 0 Å². The normalized spacial score (nSPS) is 11.6. The number of hydrogen-bond acceptors (Lipinski definition) is 6. The van der Waals surface area contributed by atoms with E-state index < -0.39 is 0 Å². The molecule has 368 valence electrons. The molecule has 15 aromatic rings. The van der Waals surface area contributed by atoms with E-state index in [0.717, 1.165) is 112 Å². The van der Waals surface area contributed by atoms with Crippen molar-refractivity contribution in [2.45, 2.75) is 0 Å². The standard InChI is InChI=1S/C72H47N3O2S/c1-4-17-51(18-5-1)73(54-36-31-48(32-37-54)50-35-42-71-66(43-50)63-25-12-15-30-70(63)78-71)57-44-58(46-59(45-57)75(53-21-8-3-9-22-53)56-40-41-69-65(47-56)62-24-11-13-28-67(62)76-69)74(52-19-6-2-7-20-52)55-38-33-49(34-39-55)60-26-16-27-64-61-23-10-14-29-68(61)77-72(60)64/h1-47H. The van der Waals surface area contributed by atoms with Crippen LogP contribution in [0, 0.1) is 0 Å². The largest absolute Gasteiger partial charge is 0.456 e. The van der Waals surface area contributed by atoms with Gasteiger partial charge in [-0.05, 0) is 144 Å². The minimum absolute atomic E-state index is 0.847. The first kappa shape index (κ1) is 45.3. The van der Waals surface area contributed by atoms with Crippen LogP contribution in [0.2, 0.25) is 0 Å². The molecule has 0 aliphatic carbocycles. The number of furan rings is 2. The summed E-state index contributed by atoms with van der Waals surface area (Å²) in [6.45, 7) is 0. The fourth-order valence-electron chi connectivity index (χ4n) is 11.4. The lowest BCUT2D eigenvalue weighted by Gasteiger charge is -2.33. The van der Waals surface area contributed by atoms with E-state index >= 15 is 0 Å². The molecule has 6 heteroatoms. The van der Waals surface area contributed by atoms with E-state index in [1.54, 1.807) is 0 Å². The molecule has 0 spiro atoms. The van der Waals surface area contributed by atoms with Crippen LogP contribution in [-0.4, -0.2) is 0 Å². The molecule has 5 nitrogen and oxygen atoms in total. The van der Waals surface area contributed by atoms with Gasteiger partial charge < -0.3 is 23.5 Å². The number of thiophene rings is 1. The second-order valence-electron chi connectivity index (χ2n) is 19.7. The quantitative estimate of drug-likeness (QED) is 0.129. The summed E-state index contributed by atoms with van der Waals surface area (Å²) in [5, 5.41) is 6.94. The van der Waals surface area contributed by atoms with Gasteiger partial charge in [0.25, 0.3) is 0 Å². The van der Waals surface area contributed by atoms with Gasteiger partial charge in [0.15, 0.2) is 0 Å². The molecule has 0 saturated carbocycles. The minimum atomic E-state index is 0.847. The number of fused-ring (bicyclic) bond motifs is 9. The molecule has 0 bridgehead atoms. The van der Waals surface area contributed by atoms with Gasteiger partial charge in [-0.1, -0.05) is 158 Å². The molecule has 3 heterocycles. The highest BCUT2D eigenvalue weighted by atomic mass is 32.1. The fraction of sp³-hybridized carbons (Fsp3) is 0. The highest BCUT2D eigenvalue weighted by molar-refractivity contribution is 7.25. The molecule has 0 aliphatic rings. The zero-order valence-electron chi connectivity index (χ0n) is 42.2. The van der Waals surface area contributed by atoms with Crippen molar-refractivity contribution in [3.05, 3.63) is 285 Å². The SMILES string of the molecule is c1ccc(N(c2ccc(-c3ccc4sc5ccccc5c4c3)cc2)c2cc(N(c3ccccc3)c3ccc(-c4cccc5c4oc4ccccc45)cc3)cc(N(c3ccccc3)c3ccc4oc5ccccc5c4c3)c2)cc1. The smallest absolute Gasteiger partial charge is 0.143 e. The molecule has 0 atom stereocenters. The average molecular weight is 1020 g/mol. The Balaban J connectivity index is 0.927. The van der Waals surface area contributed by atoms with Crippen LogP contribution >= 0.6 is 11.3 Å². The minimum Gasteiger partial charge on any atom is -0.456 e. The van der Waals surface area contributed by atoms with Crippen molar-refractivity contribution >= 4 is 127 Å². The fourth-order valence-corrected chi connectivity index (χ4v) is 12.5. The molecule has 0 aliphatic heterocycles. The molecular weight excluding hydrogens is 971 g/mol. The van der Waals surface area contributed by atoms with E-state index in [4.69, 9.17) is 8.83 Å². The number of nitrogens with zero attached hydrogens (tertiary/aromatic N) is 3. The van der Waals surface area contributed by atoms with E-state index in [9.17, 15) is 0 Å².